The first-order valence-electron chi connectivity index (χ1n) is 28.8. The summed E-state index contributed by atoms with van der Waals surface area (Å²) < 4.78 is 46.1. The summed E-state index contributed by atoms with van der Waals surface area (Å²) >= 11 is 0. The monoisotopic (exact) mass is 1020 g/mol. The van der Waals surface area contributed by atoms with Crippen molar-refractivity contribution in [3.8, 4) is 0 Å². The Morgan fingerprint density at radius 3 is 1.06 bits per heavy atom. The van der Waals surface area contributed by atoms with E-state index in [-0.39, 0.29) is 50.0 Å². The van der Waals surface area contributed by atoms with Crippen LogP contribution in [0.1, 0.15) is 272 Å². The number of nitrogens with zero attached hydrogens (tertiary/aromatic N) is 1. The van der Waals surface area contributed by atoms with Gasteiger partial charge >= 0.3 is 23.9 Å². The highest BCUT2D eigenvalue weighted by Crippen LogP contribution is 2.38. The Labute approximate surface area is 428 Å². The number of hydrogen-bond acceptors (Lipinski definition) is 12. The topological polar surface area (TPSA) is 164 Å². The first kappa shape index (κ1) is 68.0. The molecule has 2 atom stereocenters. The number of carbonyl (C=O) groups is 4. The molecule has 0 saturated heterocycles. The zero-order chi connectivity index (χ0) is 52.0. The van der Waals surface area contributed by atoms with E-state index in [4.69, 9.17) is 28.0 Å². The molecule has 0 heterocycles. The van der Waals surface area contributed by atoms with Gasteiger partial charge in [0.25, 0.3) is 7.82 Å². The normalized spacial score (nSPS) is 13.1. The van der Waals surface area contributed by atoms with Crippen molar-refractivity contribution in [1.29, 1.82) is 0 Å². The predicted molar refractivity (Wildman–Crippen MR) is 281 cm³/mol. The van der Waals surface area contributed by atoms with Gasteiger partial charge in [0.1, 0.15) is 32.0 Å². The Balaban J connectivity index is 5.02. The lowest BCUT2D eigenvalue weighted by Gasteiger charge is -2.28. The summed E-state index contributed by atoms with van der Waals surface area (Å²) in [7, 11) is 0.971. The minimum absolute atomic E-state index is 0.0201. The van der Waals surface area contributed by atoms with Crippen LogP contribution in [0, 0.1) is 0 Å². The van der Waals surface area contributed by atoms with Gasteiger partial charge in [0.05, 0.1) is 27.7 Å². The summed E-state index contributed by atoms with van der Waals surface area (Å²) in [6.45, 7) is 8.23. The highest BCUT2D eigenvalue weighted by Gasteiger charge is 2.22. The Bertz CT molecular complexity index is 1280. The minimum atomic E-state index is -4.74. The second-order valence-electron chi connectivity index (χ2n) is 21.0. The van der Waals surface area contributed by atoms with Crippen molar-refractivity contribution in [1.82, 2.24) is 0 Å². The molecular weight excluding hydrogens is 910 g/mol. The molecule has 1 unspecified atom stereocenters. The average molecular weight is 1020 g/mol. The van der Waals surface area contributed by atoms with E-state index < -0.39 is 39.1 Å². The van der Waals surface area contributed by atoms with Gasteiger partial charge in [0.15, 0.2) is 6.10 Å². The maximum absolute atomic E-state index is 12.9. The number of carbonyl (C=O) groups excluding carboxylic acids is 4. The van der Waals surface area contributed by atoms with Crippen LogP contribution >= 0.6 is 7.82 Å². The van der Waals surface area contributed by atoms with Crippen LogP contribution in [0.15, 0.2) is 0 Å². The van der Waals surface area contributed by atoms with Crippen molar-refractivity contribution in [2.45, 2.75) is 290 Å². The van der Waals surface area contributed by atoms with Crippen LogP contribution in [0.25, 0.3) is 0 Å². The SMILES string of the molecule is CCCCCCCCC(CCCCCCCC)OC(=O)CCCCCCC(=O)O[C@@H](COC(=O)CCCCC(=O)OC(CCCCCCCC)CCCCCCCC)COP(=O)([O-])OCC[N+](C)(C)C. The maximum Gasteiger partial charge on any atom is 0.306 e. The van der Waals surface area contributed by atoms with Gasteiger partial charge in [-0.25, -0.2) is 0 Å². The number of hydrogen-bond donors (Lipinski definition) is 0. The average Bonchev–Trinajstić information content (AvgIpc) is 3.30. The van der Waals surface area contributed by atoms with Gasteiger partial charge in [-0.1, -0.05) is 169 Å². The van der Waals surface area contributed by atoms with E-state index in [9.17, 15) is 28.6 Å². The van der Waals surface area contributed by atoms with Crippen LogP contribution in [0.5, 0.6) is 0 Å². The molecule has 414 valence electrons. The molecule has 0 aromatic carbocycles. The molecule has 70 heavy (non-hydrogen) atoms. The lowest BCUT2D eigenvalue weighted by atomic mass is 10.0. The van der Waals surface area contributed by atoms with E-state index in [0.717, 1.165) is 70.6 Å². The molecule has 0 aromatic heterocycles. The maximum atomic E-state index is 12.9. The van der Waals surface area contributed by atoms with Gasteiger partial charge < -0.3 is 37.4 Å². The second kappa shape index (κ2) is 46.7. The van der Waals surface area contributed by atoms with Gasteiger partial charge in [-0.2, -0.15) is 0 Å². The quantitative estimate of drug-likeness (QED) is 0.0186. The lowest BCUT2D eigenvalue weighted by Crippen LogP contribution is -2.37. The van der Waals surface area contributed by atoms with Crippen LogP contribution in [-0.2, 0) is 51.7 Å². The third kappa shape index (κ3) is 47.0. The van der Waals surface area contributed by atoms with Crippen molar-refractivity contribution in [2.24, 2.45) is 0 Å². The largest absolute Gasteiger partial charge is 0.756 e. The third-order valence-electron chi connectivity index (χ3n) is 12.8. The Morgan fingerprint density at radius 2 is 0.700 bits per heavy atom. The Hall–Kier alpha value is -2.05. The zero-order valence-electron chi connectivity index (χ0n) is 46.2. The molecule has 0 fully saturated rings. The van der Waals surface area contributed by atoms with Crippen molar-refractivity contribution >= 4 is 31.7 Å². The molecule has 0 rings (SSSR count). The molecule has 0 bridgehead atoms. The fourth-order valence-electron chi connectivity index (χ4n) is 8.31. The highest BCUT2D eigenvalue weighted by molar-refractivity contribution is 7.45. The molecule has 0 aliphatic rings. The second-order valence-corrected chi connectivity index (χ2v) is 22.4. The van der Waals surface area contributed by atoms with Crippen LogP contribution in [0.2, 0.25) is 0 Å². The fraction of sp³-hybridized carbons (Fsp3) is 0.929. The molecule has 0 aromatic rings. The van der Waals surface area contributed by atoms with Gasteiger partial charge in [-0.05, 0) is 77.0 Å². The molecule has 13 nitrogen and oxygen atoms in total. The number of likely N-dealkylation sites (N-methyl/N-ethyl adjacent to an activating group) is 1. The molecule has 0 aliphatic carbocycles. The molecule has 0 radical (unpaired) electrons. The first-order valence-corrected chi connectivity index (χ1v) is 30.2. The van der Waals surface area contributed by atoms with E-state index in [0.29, 0.717) is 49.6 Å². The van der Waals surface area contributed by atoms with Gasteiger partial charge in [0.2, 0.25) is 0 Å². The summed E-state index contributed by atoms with van der Waals surface area (Å²) in [6, 6.07) is 0. The molecule has 0 aliphatic heterocycles. The van der Waals surface area contributed by atoms with Crippen LogP contribution in [0.4, 0.5) is 0 Å². The van der Waals surface area contributed by atoms with E-state index in [1.807, 2.05) is 21.1 Å². The van der Waals surface area contributed by atoms with Crippen molar-refractivity contribution < 1.29 is 61.1 Å². The number of esters is 4. The van der Waals surface area contributed by atoms with Gasteiger partial charge in [-0.15, -0.1) is 0 Å². The summed E-state index contributed by atoms with van der Waals surface area (Å²) in [6.07, 6.45) is 35.3. The third-order valence-corrected chi connectivity index (χ3v) is 13.8. The molecule has 0 N–H and O–H groups in total. The van der Waals surface area contributed by atoms with Crippen molar-refractivity contribution in [2.75, 3.05) is 47.5 Å². The van der Waals surface area contributed by atoms with Crippen molar-refractivity contribution in [3.63, 3.8) is 0 Å². The Kier molecular flexibility index (Phi) is 45.3. The number of rotatable bonds is 52. The lowest BCUT2D eigenvalue weighted by molar-refractivity contribution is -0.870. The molecule has 0 amide bonds. The fourth-order valence-corrected chi connectivity index (χ4v) is 9.04. The number of phosphoric acid groups is 1. The van der Waals surface area contributed by atoms with E-state index >= 15 is 0 Å². The predicted octanol–water partition coefficient (Wildman–Crippen LogP) is 14.4. The molecule has 0 spiro atoms. The molecule has 0 saturated carbocycles. The van der Waals surface area contributed by atoms with Crippen molar-refractivity contribution in [3.05, 3.63) is 0 Å². The van der Waals surface area contributed by atoms with E-state index in [2.05, 4.69) is 27.7 Å². The number of ether oxygens (including phenoxy) is 4. The van der Waals surface area contributed by atoms with E-state index in [1.54, 1.807) is 0 Å². The number of quaternary nitrogens is 1. The highest BCUT2D eigenvalue weighted by atomic mass is 31.2. The summed E-state index contributed by atoms with van der Waals surface area (Å²) in [5.41, 5.74) is 0. The zero-order valence-corrected chi connectivity index (χ0v) is 47.1. The molecule has 14 heteroatoms. The molecular formula is C56H108NO12P. The van der Waals surface area contributed by atoms with Crippen LogP contribution < -0.4 is 4.89 Å². The summed E-state index contributed by atoms with van der Waals surface area (Å²) in [5, 5.41) is 0. The minimum Gasteiger partial charge on any atom is -0.756 e. The summed E-state index contributed by atoms with van der Waals surface area (Å²) in [5.74, 6) is -1.53. The van der Waals surface area contributed by atoms with Crippen LogP contribution in [-0.4, -0.2) is 94.2 Å². The first-order chi connectivity index (χ1) is 33.6. The number of phosphoric ester groups is 1. The van der Waals surface area contributed by atoms with Crippen LogP contribution in [0.3, 0.4) is 0 Å². The Morgan fingerprint density at radius 1 is 0.400 bits per heavy atom. The van der Waals surface area contributed by atoms with Gasteiger partial charge in [0, 0.05) is 25.7 Å². The van der Waals surface area contributed by atoms with E-state index in [1.165, 1.54) is 116 Å². The number of unbranched alkanes of at least 4 members (excludes halogenated alkanes) is 24. The summed E-state index contributed by atoms with van der Waals surface area (Å²) in [4.78, 5) is 64.0. The smallest absolute Gasteiger partial charge is 0.306 e. The van der Waals surface area contributed by atoms with Gasteiger partial charge in [-0.3, -0.25) is 23.7 Å². The standard InChI is InChI=1S/C56H108NO12P/c1-8-12-16-20-24-30-38-50(39-31-25-21-17-13-9-2)67-54(59)43-34-28-29-35-44-56(61)69-52(49-66-70(62,63)65-47-46-57(5,6)7)48-64-53(58)42-36-37-45-55(60)68-51(40-32-26-22-18-14-10-3)41-33-27-23-19-15-11-4/h50-52H,8-49H2,1-7H3/t52-/m0/s1.